The van der Waals surface area contributed by atoms with Crippen molar-refractivity contribution in [3.63, 3.8) is 0 Å². The molecule has 0 aliphatic rings. The zero-order valence-corrected chi connectivity index (χ0v) is 10.5. The quantitative estimate of drug-likeness (QED) is 0.879. The van der Waals surface area contributed by atoms with Crippen LogP contribution in [0.1, 0.15) is 37.2 Å². The maximum Gasteiger partial charge on any atom is 0.226 e. The number of rotatable bonds is 5. The Morgan fingerprint density at radius 1 is 1.44 bits per heavy atom. The van der Waals surface area contributed by atoms with Gasteiger partial charge >= 0.3 is 0 Å². The maximum atomic E-state index is 9.47. The molecule has 0 amide bonds. The molecule has 1 atom stereocenters. The predicted octanol–water partition coefficient (Wildman–Crippen LogP) is 2.26. The summed E-state index contributed by atoms with van der Waals surface area (Å²) in [6.45, 7) is 3.92. The first-order valence-electron chi connectivity index (χ1n) is 5.91. The van der Waals surface area contributed by atoms with E-state index in [4.69, 9.17) is 9.26 Å². The van der Waals surface area contributed by atoms with Crippen LogP contribution in [0.3, 0.4) is 0 Å². The first-order valence-corrected chi connectivity index (χ1v) is 5.91. The largest absolute Gasteiger partial charge is 0.485 e. The summed E-state index contributed by atoms with van der Waals surface area (Å²) in [7, 11) is 0. The molecular weight excluding hydrogens is 232 g/mol. The summed E-state index contributed by atoms with van der Waals surface area (Å²) in [4.78, 5) is 4.15. The number of ether oxygens (including phenoxy) is 1. The van der Waals surface area contributed by atoms with Crippen LogP contribution in [0.2, 0.25) is 0 Å². The van der Waals surface area contributed by atoms with E-state index in [0.29, 0.717) is 23.9 Å². The second kappa shape index (κ2) is 5.64. The number of nitrogens with zero attached hydrogens (tertiary/aromatic N) is 2. The van der Waals surface area contributed by atoms with Crippen LogP contribution in [-0.4, -0.2) is 15.2 Å². The van der Waals surface area contributed by atoms with E-state index < -0.39 is 6.10 Å². The van der Waals surface area contributed by atoms with E-state index in [1.807, 2.05) is 25.1 Å². The fraction of sp³-hybridized carbons (Fsp3) is 0.385. The highest BCUT2D eigenvalue weighted by Crippen LogP contribution is 2.19. The van der Waals surface area contributed by atoms with Gasteiger partial charge in [0.15, 0.2) is 6.61 Å². The van der Waals surface area contributed by atoms with E-state index >= 15 is 0 Å². The van der Waals surface area contributed by atoms with Gasteiger partial charge in [-0.3, -0.25) is 0 Å². The molecule has 0 unspecified atom stereocenters. The summed E-state index contributed by atoms with van der Waals surface area (Å²) in [5.41, 5.74) is 0.815. The first kappa shape index (κ1) is 12.6. The van der Waals surface area contributed by atoms with Gasteiger partial charge in [-0.15, -0.1) is 0 Å². The second-order valence-corrected chi connectivity index (χ2v) is 4.00. The van der Waals surface area contributed by atoms with Crippen molar-refractivity contribution in [3.05, 3.63) is 41.5 Å². The number of aliphatic hydroxyl groups excluding tert-OH is 1. The summed E-state index contributed by atoms with van der Waals surface area (Å²) in [5, 5.41) is 13.3. The van der Waals surface area contributed by atoms with Gasteiger partial charge in [0.2, 0.25) is 11.7 Å². The lowest BCUT2D eigenvalue weighted by Gasteiger charge is -2.07. The Morgan fingerprint density at radius 3 is 2.94 bits per heavy atom. The zero-order valence-electron chi connectivity index (χ0n) is 10.5. The van der Waals surface area contributed by atoms with Crippen LogP contribution in [0.15, 0.2) is 28.8 Å². The second-order valence-electron chi connectivity index (χ2n) is 4.00. The standard InChI is InChI=1S/C13H16N2O3/c1-3-13-14-12(15-18-13)8-17-11-6-4-5-10(7-11)9(2)16/h4-7,9,16H,3,8H2,1-2H3/t9-/m0/s1. The van der Waals surface area contributed by atoms with Gasteiger partial charge in [0.25, 0.3) is 0 Å². The van der Waals surface area contributed by atoms with Gasteiger partial charge in [-0.05, 0) is 24.6 Å². The van der Waals surface area contributed by atoms with Gasteiger partial charge in [-0.2, -0.15) is 4.98 Å². The molecule has 1 aromatic carbocycles. The minimum atomic E-state index is -0.509. The lowest BCUT2D eigenvalue weighted by Crippen LogP contribution is -1.99. The third-order valence-corrected chi connectivity index (χ3v) is 2.52. The van der Waals surface area contributed by atoms with Crippen LogP contribution in [0.5, 0.6) is 5.75 Å². The predicted molar refractivity (Wildman–Crippen MR) is 65.1 cm³/mol. The summed E-state index contributed by atoms with van der Waals surface area (Å²) >= 11 is 0. The molecule has 0 saturated heterocycles. The Hall–Kier alpha value is -1.88. The number of hydrogen-bond donors (Lipinski definition) is 1. The van der Waals surface area contributed by atoms with E-state index in [1.165, 1.54) is 0 Å². The monoisotopic (exact) mass is 248 g/mol. The lowest BCUT2D eigenvalue weighted by molar-refractivity contribution is 0.198. The van der Waals surface area contributed by atoms with Gasteiger partial charge in [-0.1, -0.05) is 24.2 Å². The normalized spacial score (nSPS) is 12.4. The molecule has 18 heavy (non-hydrogen) atoms. The van der Waals surface area contributed by atoms with E-state index in [-0.39, 0.29) is 6.61 Å². The molecule has 0 aliphatic carbocycles. The van der Waals surface area contributed by atoms with E-state index in [2.05, 4.69) is 10.1 Å². The maximum absolute atomic E-state index is 9.47. The van der Waals surface area contributed by atoms with Gasteiger partial charge in [0.05, 0.1) is 6.10 Å². The van der Waals surface area contributed by atoms with Crippen LogP contribution in [-0.2, 0) is 13.0 Å². The Bertz CT molecular complexity index is 508. The molecule has 2 rings (SSSR count). The molecule has 1 aromatic heterocycles. The van der Waals surface area contributed by atoms with Crippen LogP contribution in [0, 0.1) is 0 Å². The van der Waals surface area contributed by atoms with Crippen molar-refractivity contribution in [3.8, 4) is 5.75 Å². The SMILES string of the molecule is CCc1nc(COc2cccc([C@H](C)O)c2)no1. The minimum Gasteiger partial charge on any atom is -0.485 e. The van der Waals surface area contributed by atoms with Crippen LogP contribution in [0.25, 0.3) is 0 Å². The molecule has 5 nitrogen and oxygen atoms in total. The Labute approximate surface area is 105 Å². The average molecular weight is 248 g/mol. The summed E-state index contributed by atoms with van der Waals surface area (Å²) in [6, 6.07) is 7.31. The third kappa shape index (κ3) is 3.07. The van der Waals surface area contributed by atoms with Crippen LogP contribution < -0.4 is 4.74 Å². The van der Waals surface area contributed by atoms with Crippen LogP contribution >= 0.6 is 0 Å². The molecule has 1 N–H and O–H groups in total. The van der Waals surface area contributed by atoms with Crippen molar-refractivity contribution in [2.45, 2.75) is 33.0 Å². The highest BCUT2D eigenvalue weighted by molar-refractivity contribution is 5.29. The molecule has 0 bridgehead atoms. The molecule has 0 saturated carbocycles. The number of aliphatic hydroxyl groups is 1. The van der Waals surface area contributed by atoms with Gasteiger partial charge in [0, 0.05) is 6.42 Å². The van der Waals surface area contributed by atoms with Crippen molar-refractivity contribution in [2.75, 3.05) is 0 Å². The number of aryl methyl sites for hydroxylation is 1. The molecule has 1 heterocycles. The van der Waals surface area contributed by atoms with Gasteiger partial charge < -0.3 is 14.4 Å². The van der Waals surface area contributed by atoms with Gasteiger partial charge in [0.1, 0.15) is 5.75 Å². The van der Waals surface area contributed by atoms with Crippen molar-refractivity contribution >= 4 is 0 Å². The Morgan fingerprint density at radius 2 is 2.28 bits per heavy atom. The molecule has 0 spiro atoms. The summed E-state index contributed by atoms with van der Waals surface area (Å²) in [6.07, 6.45) is 0.204. The Kier molecular flexibility index (Phi) is 3.94. The smallest absolute Gasteiger partial charge is 0.226 e. The van der Waals surface area contributed by atoms with E-state index in [0.717, 1.165) is 5.56 Å². The summed E-state index contributed by atoms with van der Waals surface area (Å²) < 4.78 is 10.5. The van der Waals surface area contributed by atoms with Crippen molar-refractivity contribution in [1.29, 1.82) is 0 Å². The average Bonchev–Trinajstić information content (AvgIpc) is 2.84. The molecular formula is C13H16N2O3. The topological polar surface area (TPSA) is 68.4 Å². The number of hydrogen-bond acceptors (Lipinski definition) is 5. The Balaban J connectivity index is 1.99. The molecule has 0 aliphatic heterocycles. The van der Waals surface area contributed by atoms with Crippen molar-refractivity contribution in [1.82, 2.24) is 10.1 Å². The fourth-order valence-electron chi connectivity index (χ4n) is 1.50. The lowest BCUT2D eigenvalue weighted by atomic mass is 10.1. The van der Waals surface area contributed by atoms with Gasteiger partial charge in [-0.25, -0.2) is 0 Å². The minimum absolute atomic E-state index is 0.257. The van der Waals surface area contributed by atoms with Crippen molar-refractivity contribution in [2.24, 2.45) is 0 Å². The highest BCUT2D eigenvalue weighted by Gasteiger charge is 2.06. The molecule has 0 fully saturated rings. The summed E-state index contributed by atoms with van der Waals surface area (Å²) in [5.74, 6) is 1.80. The van der Waals surface area contributed by atoms with E-state index in [1.54, 1.807) is 13.0 Å². The molecule has 5 heteroatoms. The van der Waals surface area contributed by atoms with Crippen LogP contribution in [0.4, 0.5) is 0 Å². The molecule has 2 aromatic rings. The van der Waals surface area contributed by atoms with E-state index in [9.17, 15) is 5.11 Å². The zero-order chi connectivity index (χ0) is 13.0. The van der Waals surface area contributed by atoms with Crippen molar-refractivity contribution < 1.29 is 14.4 Å². The highest BCUT2D eigenvalue weighted by atomic mass is 16.5. The number of benzene rings is 1. The third-order valence-electron chi connectivity index (χ3n) is 2.52. The first-order chi connectivity index (χ1) is 8.69. The molecule has 0 radical (unpaired) electrons. The molecule has 96 valence electrons. The number of aromatic nitrogens is 2. The fourth-order valence-corrected chi connectivity index (χ4v) is 1.50.